The molecule has 4 saturated carbocycles. The summed E-state index contributed by atoms with van der Waals surface area (Å²) in [6.07, 6.45) is 6.50. The van der Waals surface area contributed by atoms with Crippen LogP contribution in [0.4, 0.5) is 0 Å². The molecule has 0 aromatic carbocycles. The third-order valence-electron chi connectivity index (χ3n) is 14.6. The average molecular weight is 687 g/mol. The summed E-state index contributed by atoms with van der Waals surface area (Å²) in [4.78, 5) is 25.3. The summed E-state index contributed by atoms with van der Waals surface area (Å²) in [5.41, 5.74) is -1.60. The van der Waals surface area contributed by atoms with E-state index < -0.39 is 46.6 Å². The van der Waals surface area contributed by atoms with Crippen molar-refractivity contribution in [2.24, 2.45) is 50.2 Å². The van der Waals surface area contributed by atoms with Crippen molar-refractivity contribution in [2.75, 3.05) is 13.2 Å². The smallest absolute Gasteiger partial charge is 0.330 e. The zero-order valence-electron chi connectivity index (χ0n) is 32.0. The Balaban J connectivity index is 1.73. The van der Waals surface area contributed by atoms with Gasteiger partial charge in [0.2, 0.25) is 0 Å². The molecule has 0 spiro atoms. The van der Waals surface area contributed by atoms with E-state index >= 15 is 0 Å². The van der Waals surface area contributed by atoms with Gasteiger partial charge in [-0.2, -0.15) is 0 Å². The van der Waals surface area contributed by atoms with E-state index in [4.69, 9.17) is 9.47 Å². The molecule has 4 aliphatic rings. The summed E-state index contributed by atoms with van der Waals surface area (Å²) in [7, 11) is 0. The summed E-state index contributed by atoms with van der Waals surface area (Å²) in [6.45, 7) is 24.5. The van der Waals surface area contributed by atoms with Gasteiger partial charge in [-0.3, -0.25) is 0 Å². The minimum Gasteiger partial charge on any atom is -0.462 e. The molecule has 49 heavy (non-hydrogen) atoms. The van der Waals surface area contributed by atoms with E-state index in [-0.39, 0.29) is 53.2 Å². The van der Waals surface area contributed by atoms with Crippen LogP contribution in [0.15, 0.2) is 36.0 Å². The zero-order chi connectivity index (χ0) is 37.0. The standard InChI is InChI=1S/C41H66O8/c1-12-13-29-38(9)16-15-30(42)39(10,23-48-32(44)18-25(2)3)28(38)14-17-40(29,11)37(8)21-27-20-36(6,7)34(46)35(47)41(27,31(43)22-37)24-49-33(45)19-26(4)5/h12,18-19,27-31,34-35,42-43,46-47H,1,13-17,20-24H2,2-11H3/t27?,28?,29?,30-,31+,34-,35-,37-,38-,39+,40+,41-/m0/s1. The van der Waals surface area contributed by atoms with Gasteiger partial charge in [-0.25, -0.2) is 9.59 Å². The molecule has 3 unspecified atom stereocenters. The third-order valence-corrected chi connectivity index (χ3v) is 14.6. The fourth-order valence-corrected chi connectivity index (χ4v) is 11.6. The number of ether oxygens (including phenoxy) is 2. The summed E-state index contributed by atoms with van der Waals surface area (Å²) < 4.78 is 11.6. The topological polar surface area (TPSA) is 134 Å². The number of rotatable bonds is 9. The quantitative estimate of drug-likeness (QED) is 0.120. The number of esters is 2. The molecular formula is C41H66O8. The normalized spacial score (nSPS) is 44.4. The van der Waals surface area contributed by atoms with Crippen molar-refractivity contribution in [1.29, 1.82) is 0 Å². The van der Waals surface area contributed by atoms with E-state index in [0.717, 1.165) is 36.8 Å². The lowest BCUT2D eigenvalue weighted by atomic mass is 9.35. The summed E-state index contributed by atoms with van der Waals surface area (Å²) in [5.74, 6) is -0.862. The second-order valence-electron chi connectivity index (χ2n) is 18.7. The molecule has 8 heteroatoms. The summed E-state index contributed by atoms with van der Waals surface area (Å²) in [5, 5.41) is 47.0. The number of aliphatic hydroxyl groups is 4. The predicted molar refractivity (Wildman–Crippen MR) is 191 cm³/mol. The number of aliphatic hydroxyl groups excluding tert-OH is 4. The monoisotopic (exact) mass is 686 g/mol. The second-order valence-corrected chi connectivity index (χ2v) is 18.7. The Labute approximate surface area is 295 Å². The number of carbonyl (C=O) groups is 2. The van der Waals surface area contributed by atoms with Gasteiger partial charge >= 0.3 is 11.9 Å². The highest BCUT2D eigenvalue weighted by Gasteiger charge is 2.70. The number of carbonyl (C=O) groups excluding carboxylic acids is 2. The van der Waals surface area contributed by atoms with Crippen molar-refractivity contribution in [3.63, 3.8) is 0 Å². The van der Waals surface area contributed by atoms with E-state index in [1.165, 1.54) is 12.2 Å². The van der Waals surface area contributed by atoms with Crippen LogP contribution in [0.5, 0.6) is 0 Å². The highest BCUT2D eigenvalue weighted by atomic mass is 16.5. The molecule has 12 atom stereocenters. The van der Waals surface area contributed by atoms with Crippen molar-refractivity contribution >= 4 is 11.9 Å². The maximum atomic E-state index is 12.7. The van der Waals surface area contributed by atoms with Crippen LogP contribution < -0.4 is 0 Å². The van der Waals surface area contributed by atoms with Crippen LogP contribution in [0, 0.1) is 50.2 Å². The predicted octanol–water partition coefficient (Wildman–Crippen LogP) is 6.70. The van der Waals surface area contributed by atoms with Crippen LogP contribution >= 0.6 is 0 Å². The van der Waals surface area contributed by atoms with Crippen molar-refractivity contribution < 1.29 is 39.5 Å². The van der Waals surface area contributed by atoms with Crippen LogP contribution in [0.25, 0.3) is 0 Å². The number of fused-ring (bicyclic) bond motifs is 2. The van der Waals surface area contributed by atoms with Gasteiger partial charge in [0, 0.05) is 17.6 Å². The SMILES string of the molecule is C=CCC1[C@@]2(C)CC[C@H](O)[C@](C)(COC(=O)C=C(C)C)C2CC[C@@]1(C)[C@@]1(C)CC2CC(C)(C)[C@@H](O)[C@H](O)[C@]2(COC(=O)C=C(C)C)[C@H](O)C1. The molecule has 8 nitrogen and oxygen atoms in total. The third kappa shape index (κ3) is 6.73. The Morgan fingerprint density at radius 2 is 1.33 bits per heavy atom. The highest BCUT2D eigenvalue weighted by molar-refractivity contribution is 5.83. The molecule has 0 aromatic heterocycles. The van der Waals surface area contributed by atoms with E-state index in [2.05, 4.69) is 34.3 Å². The largest absolute Gasteiger partial charge is 0.462 e. The fourth-order valence-electron chi connectivity index (χ4n) is 11.6. The lowest BCUT2D eigenvalue weighted by molar-refractivity contribution is -0.276. The van der Waals surface area contributed by atoms with Crippen molar-refractivity contribution in [2.45, 2.75) is 145 Å². The molecule has 4 N–H and O–H groups in total. The average Bonchev–Trinajstić information content (AvgIpc) is 2.98. The van der Waals surface area contributed by atoms with Crippen LogP contribution in [0.1, 0.15) is 121 Å². The molecule has 0 aliphatic heterocycles. The lowest BCUT2D eigenvalue weighted by Gasteiger charge is -2.70. The first-order valence-corrected chi connectivity index (χ1v) is 18.5. The molecule has 0 aromatic rings. The number of allylic oxidation sites excluding steroid dienone is 3. The molecule has 0 saturated heterocycles. The first-order valence-electron chi connectivity index (χ1n) is 18.5. The number of hydrogen-bond acceptors (Lipinski definition) is 8. The highest BCUT2D eigenvalue weighted by Crippen LogP contribution is 2.73. The molecule has 4 aliphatic carbocycles. The van der Waals surface area contributed by atoms with Gasteiger partial charge in [0.25, 0.3) is 0 Å². The van der Waals surface area contributed by atoms with Crippen LogP contribution in [-0.2, 0) is 19.1 Å². The number of hydrogen-bond donors (Lipinski definition) is 4. The molecule has 0 radical (unpaired) electrons. The Hall–Kier alpha value is -2.00. The van der Waals surface area contributed by atoms with Gasteiger partial charge in [-0.1, -0.05) is 58.8 Å². The van der Waals surface area contributed by atoms with Crippen LogP contribution in [0.2, 0.25) is 0 Å². The van der Waals surface area contributed by atoms with Crippen LogP contribution in [-0.4, -0.2) is 70.0 Å². The molecule has 278 valence electrons. The second kappa shape index (κ2) is 13.9. The zero-order valence-corrected chi connectivity index (χ0v) is 32.0. The Bertz CT molecular complexity index is 1330. The van der Waals surface area contributed by atoms with Gasteiger partial charge < -0.3 is 29.9 Å². The molecular weight excluding hydrogens is 620 g/mol. The fraction of sp³-hybridized carbons (Fsp3) is 0.805. The van der Waals surface area contributed by atoms with Crippen molar-refractivity contribution in [1.82, 2.24) is 0 Å². The molecule has 0 bridgehead atoms. The van der Waals surface area contributed by atoms with Crippen LogP contribution in [0.3, 0.4) is 0 Å². The molecule has 4 rings (SSSR count). The summed E-state index contributed by atoms with van der Waals surface area (Å²) in [6, 6.07) is 0. The molecule has 0 heterocycles. The van der Waals surface area contributed by atoms with Gasteiger partial charge in [0.05, 0.1) is 36.4 Å². The molecule has 0 amide bonds. The molecule has 4 fully saturated rings. The minimum absolute atomic E-state index is 0.0950. The van der Waals surface area contributed by atoms with E-state index in [1.54, 1.807) is 0 Å². The Kier molecular flexibility index (Phi) is 11.2. The van der Waals surface area contributed by atoms with E-state index in [9.17, 15) is 30.0 Å². The minimum atomic E-state index is -1.26. The van der Waals surface area contributed by atoms with Gasteiger partial charge in [0.1, 0.15) is 6.61 Å². The van der Waals surface area contributed by atoms with Crippen molar-refractivity contribution in [3.05, 3.63) is 36.0 Å². The van der Waals surface area contributed by atoms with E-state index in [0.29, 0.717) is 25.7 Å². The Morgan fingerprint density at radius 3 is 1.88 bits per heavy atom. The van der Waals surface area contributed by atoms with Gasteiger partial charge in [-0.15, -0.1) is 6.58 Å². The van der Waals surface area contributed by atoms with E-state index in [1.807, 2.05) is 47.6 Å². The van der Waals surface area contributed by atoms with Crippen molar-refractivity contribution in [3.8, 4) is 0 Å². The maximum absolute atomic E-state index is 12.7. The summed E-state index contributed by atoms with van der Waals surface area (Å²) >= 11 is 0. The van der Waals surface area contributed by atoms with Gasteiger partial charge in [0.15, 0.2) is 0 Å². The first kappa shape index (κ1) is 39.8. The first-order chi connectivity index (χ1) is 22.5. The maximum Gasteiger partial charge on any atom is 0.330 e. The lowest BCUT2D eigenvalue weighted by Crippen LogP contribution is -2.70. The van der Waals surface area contributed by atoms with Gasteiger partial charge in [-0.05, 0) is 118 Å². The Morgan fingerprint density at radius 1 is 0.755 bits per heavy atom.